The van der Waals surface area contributed by atoms with E-state index in [9.17, 15) is 4.79 Å². The van der Waals surface area contributed by atoms with Crippen LogP contribution in [0.2, 0.25) is 10.0 Å². The Bertz CT molecular complexity index is 764. The lowest BCUT2D eigenvalue weighted by molar-refractivity contribution is -0.114. The minimum Gasteiger partial charge on any atom is -0.491 e. The molecule has 1 aliphatic rings. The lowest BCUT2D eigenvalue weighted by atomic mass is 10.2. The second kappa shape index (κ2) is 9.12. The van der Waals surface area contributed by atoms with E-state index >= 15 is 0 Å². The molecular formula is C19H20Cl2N2O3. The standard InChI is InChI=1S/C19H20Cl2N2O3/c20-16-7-2-8-17(19(16)21)23-18(24)11-22-13-4-1-5-14(10-13)26-12-15-6-3-9-25-15/h1-2,4-5,7-8,10,15,22H,3,6,9,11-12H2,(H,23,24). The van der Waals surface area contributed by atoms with Crippen LogP contribution in [0.15, 0.2) is 42.5 Å². The Hall–Kier alpha value is -1.95. The van der Waals surface area contributed by atoms with Crippen LogP contribution < -0.4 is 15.4 Å². The average molecular weight is 395 g/mol. The van der Waals surface area contributed by atoms with Gasteiger partial charge in [0.2, 0.25) is 5.91 Å². The molecule has 5 nitrogen and oxygen atoms in total. The van der Waals surface area contributed by atoms with Crippen molar-refractivity contribution in [2.24, 2.45) is 0 Å². The lowest BCUT2D eigenvalue weighted by Gasteiger charge is -2.13. The largest absolute Gasteiger partial charge is 0.491 e. The number of anilines is 2. The summed E-state index contributed by atoms with van der Waals surface area (Å²) in [7, 11) is 0. The van der Waals surface area contributed by atoms with Gasteiger partial charge in [0.1, 0.15) is 12.4 Å². The van der Waals surface area contributed by atoms with Crippen molar-refractivity contribution >= 4 is 40.5 Å². The van der Waals surface area contributed by atoms with Crippen LogP contribution in [0, 0.1) is 0 Å². The van der Waals surface area contributed by atoms with Gasteiger partial charge in [-0.2, -0.15) is 0 Å². The second-order valence-corrected chi connectivity index (χ2v) is 6.76. The molecule has 0 aliphatic carbocycles. The van der Waals surface area contributed by atoms with Crippen LogP contribution in [0.5, 0.6) is 5.75 Å². The van der Waals surface area contributed by atoms with Crippen LogP contribution in [-0.4, -0.2) is 31.8 Å². The summed E-state index contributed by atoms with van der Waals surface area (Å²) < 4.78 is 11.3. The number of ether oxygens (including phenoxy) is 2. The first-order valence-corrected chi connectivity index (χ1v) is 9.19. The van der Waals surface area contributed by atoms with Crippen molar-refractivity contribution in [1.82, 2.24) is 0 Å². The minimum absolute atomic E-state index is 0.0953. The molecule has 2 aromatic carbocycles. The third-order valence-corrected chi connectivity index (χ3v) is 4.79. The highest BCUT2D eigenvalue weighted by molar-refractivity contribution is 6.44. The first-order chi connectivity index (χ1) is 12.6. The van der Waals surface area contributed by atoms with Gasteiger partial charge < -0.3 is 20.1 Å². The predicted octanol–water partition coefficient (Wildman–Crippen LogP) is 4.60. The molecular weight excluding hydrogens is 375 g/mol. The van der Waals surface area contributed by atoms with E-state index in [2.05, 4.69) is 10.6 Å². The lowest BCUT2D eigenvalue weighted by Crippen LogP contribution is -2.22. The number of nitrogens with one attached hydrogen (secondary N) is 2. The van der Waals surface area contributed by atoms with Crippen molar-refractivity contribution in [3.05, 3.63) is 52.5 Å². The van der Waals surface area contributed by atoms with Gasteiger partial charge in [0.05, 0.1) is 28.4 Å². The van der Waals surface area contributed by atoms with E-state index in [-0.39, 0.29) is 18.6 Å². The average Bonchev–Trinajstić information content (AvgIpc) is 3.16. The summed E-state index contributed by atoms with van der Waals surface area (Å²) >= 11 is 12.0. The van der Waals surface area contributed by atoms with Gasteiger partial charge in [0.25, 0.3) is 0 Å². The summed E-state index contributed by atoms with van der Waals surface area (Å²) in [6.45, 7) is 1.44. The van der Waals surface area contributed by atoms with Gasteiger partial charge in [-0.05, 0) is 37.1 Å². The first-order valence-electron chi connectivity index (χ1n) is 8.44. The summed E-state index contributed by atoms with van der Waals surface area (Å²) in [4.78, 5) is 12.1. The van der Waals surface area contributed by atoms with Gasteiger partial charge >= 0.3 is 0 Å². The molecule has 7 heteroatoms. The van der Waals surface area contributed by atoms with Crippen LogP contribution in [-0.2, 0) is 9.53 Å². The molecule has 0 aromatic heterocycles. The zero-order chi connectivity index (χ0) is 18.4. The predicted molar refractivity (Wildman–Crippen MR) is 104 cm³/mol. The summed E-state index contributed by atoms with van der Waals surface area (Å²) in [5, 5.41) is 6.52. The molecule has 2 N–H and O–H groups in total. The zero-order valence-electron chi connectivity index (χ0n) is 14.1. The number of hydrogen-bond acceptors (Lipinski definition) is 4. The Morgan fingerprint density at radius 2 is 2.08 bits per heavy atom. The molecule has 1 unspecified atom stereocenters. The number of hydrogen-bond donors (Lipinski definition) is 2. The van der Waals surface area contributed by atoms with E-state index in [1.165, 1.54) is 0 Å². The van der Waals surface area contributed by atoms with Crippen molar-refractivity contribution in [3.8, 4) is 5.75 Å². The SMILES string of the molecule is O=C(CNc1cccc(OCC2CCCO2)c1)Nc1cccc(Cl)c1Cl. The Morgan fingerprint density at radius 1 is 1.23 bits per heavy atom. The Labute approximate surface area is 162 Å². The molecule has 1 aliphatic heterocycles. The molecule has 0 bridgehead atoms. The molecule has 0 spiro atoms. The molecule has 1 saturated heterocycles. The van der Waals surface area contributed by atoms with Crippen molar-refractivity contribution in [2.45, 2.75) is 18.9 Å². The quantitative estimate of drug-likeness (QED) is 0.719. The number of halogens is 2. The van der Waals surface area contributed by atoms with E-state index in [4.69, 9.17) is 32.7 Å². The van der Waals surface area contributed by atoms with Crippen molar-refractivity contribution in [2.75, 3.05) is 30.4 Å². The van der Waals surface area contributed by atoms with Crippen LogP contribution in [0.4, 0.5) is 11.4 Å². The summed E-state index contributed by atoms with van der Waals surface area (Å²) in [5.41, 5.74) is 1.28. The number of rotatable bonds is 7. The number of carbonyl (C=O) groups excluding carboxylic acids is 1. The maximum atomic E-state index is 12.1. The van der Waals surface area contributed by atoms with Gasteiger partial charge in [-0.1, -0.05) is 35.3 Å². The molecule has 2 aromatic rings. The molecule has 1 fully saturated rings. The summed E-state index contributed by atoms with van der Waals surface area (Å²) in [6.07, 6.45) is 2.28. The smallest absolute Gasteiger partial charge is 0.243 e. The van der Waals surface area contributed by atoms with E-state index in [0.29, 0.717) is 22.3 Å². The van der Waals surface area contributed by atoms with Crippen LogP contribution in [0.3, 0.4) is 0 Å². The summed E-state index contributed by atoms with van der Waals surface area (Å²) in [6, 6.07) is 12.6. The van der Waals surface area contributed by atoms with E-state index in [0.717, 1.165) is 30.9 Å². The number of benzene rings is 2. The first kappa shape index (κ1) is 18.8. The molecule has 1 amide bonds. The molecule has 138 valence electrons. The third-order valence-electron chi connectivity index (χ3n) is 3.97. The van der Waals surface area contributed by atoms with Gasteiger partial charge in [-0.15, -0.1) is 0 Å². The third kappa shape index (κ3) is 5.27. The zero-order valence-corrected chi connectivity index (χ0v) is 15.6. The van der Waals surface area contributed by atoms with Gasteiger partial charge in [-0.25, -0.2) is 0 Å². The fraction of sp³-hybridized carbons (Fsp3) is 0.316. The molecule has 26 heavy (non-hydrogen) atoms. The maximum Gasteiger partial charge on any atom is 0.243 e. The topological polar surface area (TPSA) is 59.6 Å². The Balaban J connectivity index is 1.50. The summed E-state index contributed by atoms with van der Waals surface area (Å²) in [5.74, 6) is 0.517. The normalized spacial score (nSPS) is 16.3. The Kier molecular flexibility index (Phi) is 6.61. The minimum atomic E-state index is -0.222. The number of amides is 1. The highest BCUT2D eigenvalue weighted by Gasteiger charge is 2.16. The van der Waals surface area contributed by atoms with E-state index < -0.39 is 0 Å². The second-order valence-electron chi connectivity index (χ2n) is 5.98. The Morgan fingerprint density at radius 3 is 2.88 bits per heavy atom. The van der Waals surface area contributed by atoms with E-state index in [1.807, 2.05) is 24.3 Å². The fourth-order valence-corrected chi connectivity index (χ4v) is 2.99. The highest BCUT2D eigenvalue weighted by Crippen LogP contribution is 2.29. The van der Waals surface area contributed by atoms with Crippen LogP contribution >= 0.6 is 23.2 Å². The van der Waals surface area contributed by atoms with Gasteiger partial charge in [0.15, 0.2) is 0 Å². The number of carbonyl (C=O) groups is 1. The van der Waals surface area contributed by atoms with Crippen molar-refractivity contribution in [1.29, 1.82) is 0 Å². The maximum absolute atomic E-state index is 12.1. The van der Waals surface area contributed by atoms with Crippen molar-refractivity contribution in [3.63, 3.8) is 0 Å². The van der Waals surface area contributed by atoms with Gasteiger partial charge in [-0.3, -0.25) is 4.79 Å². The van der Waals surface area contributed by atoms with Crippen LogP contribution in [0.1, 0.15) is 12.8 Å². The molecule has 1 atom stereocenters. The fourth-order valence-electron chi connectivity index (χ4n) is 2.64. The molecule has 0 radical (unpaired) electrons. The van der Waals surface area contributed by atoms with E-state index in [1.54, 1.807) is 18.2 Å². The molecule has 3 rings (SSSR count). The van der Waals surface area contributed by atoms with Crippen LogP contribution in [0.25, 0.3) is 0 Å². The van der Waals surface area contributed by atoms with Crippen molar-refractivity contribution < 1.29 is 14.3 Å². The highest BCUT2D eigenvalue weighted by atomic mass is 35.5. The van der Waals surface area contributed by atoms with Gasteiger partial charge in [0, 0.05) is 18.4 Å². The monoisotopic (exact) mass is 394 g/mol. The molecule has 1 heterocycles. The molecule has 0 saturated carbocycles.